The first kappa shape index (κ1) is 14.9. The van der Waals surface area contributed by atoms with E-state index in [1.165, 1.54) is 0 Å². The molecule has 2 aromatic rings. The Morgan fingerprint density at radius 1 is 1.14 bits per heavy atom. The number of Topliss-reactive ketones (excluding diaryl/α,β-unsaturated/α-hetero) is 1. The first-order valence-electron chi connectivity index (χ1n) is 7.76. The van der Waals surface area contributed by atoms with Gasteiger partial charge in [0.2, 0.25) is 0 Å². The Morgan fingerprint density at radius 3 is 2.59 bits per heavy atom. The molecule has 3 rings (SSSR count). The van der Waals surface area contributed by atoms with Crippen LogP contribution in [0.25, 0.3) is 11.1 Å². The van der Waals surface area contributed by atoms with Crippen LogP contribution in [0.15, 0.2) is 48.5 Å². The molecule has 1 heterocycles. The second kappa shape index (κ2) is 6.86. The van der Waals surface area contributed by atoms with Crippen molar-refractivity contribution in [2.45, 2.75) is 26.1 Å². The van der Waals surface area contributed by atoms with Crippen LogP contribution in [0.5, 0.6) is 0 Å². The molecular formula is C19H21NO2. The SMILES string of the molecule is CC(=O)c1ccccc1-c1ccccc1COC1CCNC1. The van der Waals surface area contributed by atoms with Crippen molar-refractivity contribution in [2.24, 2.45) is 0 Å². The molecule has 3 heteroatoms. The van der Waals surface area contributed by atoms with Gasteiger partial charge in [-0.25, -0.2) is 0 Å². The van der Waals surface area contributed by atoms with Crippen LogP contribution in [-0.4, -0.2) is 25.0 Å². The van der Waals surface area contributed by atoms with Crippen LogP contribution in [0, 0.1) is 0 Å². The summed E-state index contributed by atoms with van der Waals surface area (Å²) in [5.41, 5.74) is 3.96. The standard InChI is InChI=1S/C19H21NO2/c1-14(21)17-7-4-5-9-19(17)18-8-3-2-6-15(18)13-22-16-10-11-20-12-16/h2-9,16,20H,10-13H2,1H3. The summed E-state index contributed by atoms with van der Waals surface area (Å²) in [6, 6.07) is 15.9. The van der Waals surface area contributed by atoms with Crippen molar-refractivity contribution in [1.29, 1.82) is 0 Å². The number of rotatable bonds is 5. The molecule has 0 radical (unpaired) electrons. The smallest absolute Gasteiger partial charge is 0.160 e. The van der Waals surface area contributed by atoms with Crippen LogP contribution in [-0.2, 0) is 11.3 Å². The maximum atomic E-state index is 11.9. The van der Waals surface area contributed by atoms with Crippen molar-refractivity contribution in [3.63, 3.8) is 0 Å². The Hall–Kier alpha value is -1.97. The van der Waals surface area contributed by atoms with E-state index in [4.69, 9.17) is 4.74 Å². The zero-order valence-electron chi connectivity index (χ0n) is 12.8. The molecule has 1 aliphatic heterocycles. The zero-order chi connectivity index (χ0) is 15.4. The van der Waals surface area contributed by atoms with Crippen molar-refractivity contribution in [1.82, 2.24) is 5.32 Å². The Kier molecular flexibility index (Phi) is 4.66. The fourth-order valence-electron chi connectivity index (χ4n) is 2.91. The lowest BCUT2D eigenvalue weighted by Gasteiger charge is -2.15. The molecule has 0 amide bonds. The van der Waals surface area contributed by atoms with Crippen LogP contribution >= 0.6 is 0 Å². The second-order valence-corrected chi connectivity index (χ2v) is 5.68. The van der Waals surface area contributed by atoms with Gasteiger partial charge in [0.25, 0.3) is 0 Å². The monoisotopic (exact) mass is 295 g/mol. The topological polar surface area (TPSA) is 38.3 Å². The van der Waals surface area contributed by atoms with Crippen molar-refractivity contribution in [3.8, 4) is 11.1 Å². The molecule has 1 saturated heterocycles. The van der Waals surface area contributed by atoms with Gasteiger partial charge >= 0.3 is 0 Å². The van der Waals surface area contributed by atoms with Gasteiger partial charge < -0.3 is 10.1 Å². The van der Waals surface area contributed by atoms with E-state index in [1.54, 1.807) is 6.92 Å². The van der Waals surface area contributed by atoms with Gasteiger partial charge in [-0.1, -0.05) is 48.5 Å². The van der Waals surface area contributed by atoms with Crippen LogP contribution in [0.2, 0.25) is 0 Å². The summed E-state index contributed by atoms with van der Waals surface area (Å²) in [7, 11) is 0. The lowest BCUT2D eigenvalue weighted by atomic mass is 9.94. The van der Waals surface area contributed by atoms with E-state index in [0.717, 1.165) is 41.8 Å². The second-order valence-electron chi connectivity index (χ2n) is 5.68. The van der Waals surface area contributed by atoms with Gasteiger partial charge in [-0.15, -0.1) is 0 Å². The average molecular weight is 295 g/mol. The molecule has 3 nitrogen and oxygen atoms in total. The van der Waals surface area contributed by atoms with Crippen LogP contribution < -0.4 is 5.32 Å². The van der Waals surface area contributed by atoms with E-state index >= 15 is 0 Å². The Labute approximate surface area is 131 Å². The van der Waals surface area contributed by atoms with Gasteiger partial charge in [-0.3, -0.25) is 4.79 Å². The minimum absolute atomic E-state index is 0.0892. The summed E-state index contributed by atoms with van der Waals surface area (Å²) in [6.45, 7) is 4.14. The number of ether oxygens (including phenoxy) is 1. The minimum atomic E-state index is 0.0892. The quantitative estimate of drug-likeness (QED) is 0.859. The molecule has 2 aromatic carbocycles. The molecule has 1 atom stereocenters. The number of carbonyl (C=O) groups excluding carboxylic acids is 1. The predicted octanol–water partition coefficient (Wildman–Crippen LogP) is 3.43. The molecule has 0 bridgehead atoms. The van der Waals surface area contributed by atoms with Gasteiger partial charge in [0.15, 0.2) is 5.78 Å². The Morgan fingerprint density at radius 2 is 1.86 bits per heavy atom. The van der Waals surface area contributed by atoms with E-state index in [1.807, 2.05) is 36.4 Å². The van der Waals surface area contributed by atoms with Gasteiger partial charge in [0.05, 0.1) is 12.7 Å². The Bertz CT molecular complexity index is 660. The largest absolute Gasteiger partial charge is 0.372 e. The third-order valence-electron chi connectivity index (χ3n) is 4.10. The summed E-state index contributed by atoms with van der Waals surface area (Å²) in [5, 5.41) is 3.31. The number of ketones is 1. The van der Waals surface area contributed by atoms with Crippen molar-refractivity contribution in [3.05, 3.63) is 59.7 Å². The fraction of sp³-hybridized carbons (Fsp3) is 0.316. The highest BCUT2D eigenvalue weighted by Gasteiger charge is 2.16. The van der Waals surface area contributed by atoms with E-state index in [-0.39, 0.29) is 11.9 Å². The highest BCUT2D eigenvalue weighted by Crippen LogP contribution is 2.28. The molecule has 0 saturated carbocycles. The zero-order valence-corrected chi connectivity index (χ0v) is 12.8. The molecule has 1 aliphatic rings. The van der Waals surface area contributed by atoms with Crippen molar-refractivity contribution in [2.75, 3.05) is 13.1 Å². The van der Waals surface area contributed by atoms with E-state index < -0.39 is 0 Å². The van der Waals surface area contributed by atoms with Crippen molar-refractivity contribution >= 4 is 5.78 Å². The molecule has 0 aliphatic carbocycles. The maximum Gasteiger partial charge on any atom is 0.160 e. The van der Waals surface area contributed by atoms with Gasteiger partial charge in [0, 0.05) is 12.1 Å². The molecule has 114 valence electrons. The minimum Gasteiger partial charge on any atom is -0.372 e. The average Bonchev–Trinajstić information content (AvgIpc) is 3.06. The van der Waals surface area contributed by atoms with E-state index in [2.05, 4.69) is 17.4 Å². The highest BCUT2D eigenvalue weighted by molar-refractivity contribution is 6.01. The van der Waals surface area contributed by atoms with Gasteiger partial charge in [-0.05, 0) is 36.6 Å². The highest BCUT2D eigenvalue weighted by atomic mass is 16.5. The maximum absolute atomic E-state index is 11.9. The van der Waals surface area contributed by atoms with Crippen LogP contribution in [0.4, 0.5) is 0 Å². The molecule has 22 heavy (non-hydrogen) atoms. The molecule has 1 fully saturated rings. The summed E-state index contributed by atoms with van der Waals surface area (Å²) in [6.07, 6.45) is 1.35. The third kappa shape index (κ3) is 3.26. The summed E-state index contributed by atoms with van der Waals surface area (Å²) >= 11 is 0. The number of carbonyl (C=O) groups is 1. The molecule has 1 unspecified atom stereocenters. The number of benzene rings is 2. The van der Waals surface area contributed by atoms with E-state index in [0.29, 0.717) is 6.61 Å². The Balaban J connectivity index is 1.89. The number of hydrogen-bond acceptors (Lipinski definition) is 3. The normalized spacial score (nSPS) is 17.6. The summed E-state index contributed by atoms with van der Waals surface area (Å²) < 4.78 is 6.00. The molecular weight excluding hydrogens is 274 g/mol. The molecule has 0 aromatic heterocycles. The fourth-order valence-corrected chi connectivity index (χ4v) is 2.91. The summed E-state index contributed by atoms with van der Waals surface area (Å²) in [5.74, 6) is 0.0892. The lowest BCUT2D eigenvalue weighted by molar-refractivity contribution is 0.0545. The number of nitrogens with one attached hydrogen (secondary N) is 1. The third-order valence-corrected chi connectivity index (χ3v) is 4.10. The molecule has 1 N–H and O–H groups in total. The van der Waals surface area contributed by atoms with Gasteiger partial charge in [-0.2, -0.15) is 0 Å². The number of hydrogen-bond donors (Lipinski definition) is 1. The van der Waals surface area contributed by atoms with E-state index in [9.17, 15) is 4.79 Å². The first-order chi connectivity index (χ1) is 10.8. The van der Waals surface area contributed by atoms with Crippen LogP contribution in [0.3, 0.4) is 0 Å². The lowest BCUT2D eigenvalue weighted by Crippen LogP contribution is -2.16. The summed E-state index contributed by atoms with van der Waals surface area (Å²) in [4.78, 5) is 11.9. The first-order valence-corrected chi connectivity index (χ1v) is 7.76. The van der Waals surface area contributed by atoms with Gasteiger partial charge in [0.1, 0.15) is 0 Å². The van der Waals surface area contributed by atoms with Crippen molar-refractivity contribution < 1.29 is 9.53 Å². The molecule has 0 spiro atoms. The predicted molar refractivity (Wildman–Crippen MR) is 87.9 cm³/mol. The van der Waals surface area contributed by atoms with Crippen LogP contribution in [0.1, 0.15) is 29.3 Å².